The fourth-order valence-corrected chi connectivity index (χ4v) is 3.22. The summed E-state index contributed by atoms with van der Waals surface area (Å²) < 4.78 is 5.13. The van der Waals surface area contributed by atoms with Gasteiger partial charge in [0.15, 0.2) is 0 Å². The van der Waals surface area contributed by atoms with Crippen LogP contribution in [0.2, 0.25) is 0 Å². The predicted octanol–water partition coefficient (Wildman–Crippen LogP) is 0.604. The molecule has 0 aromatic carbocycles. The molecule has 0 bridgehead atoms. The maximum atomic E-state index is 11.1. The number of thiol groups is 1. The molecule has 0 atom stereocenters. The molecule has 9 heteroatoms. The molecule has 1 N–H and O–H groups in total. The first-order chi connectivity index (χ1) is 12.3. The van der Waals surface area contributed by atoms with Crippen LogP contribution in [0.15, 0.2) is 0 Å². The Bertz CT molecular complexity index is 427. The summed E-state index contributed by atoms with van der Waals surface area (Å²) in [5.41, 5.74) is -0.772. The number of nitrogens with zero attached hydrogens (tertiary/aromatic N) is 1. The molecule has 0 spiro atoms. The third-order valence-electron chi connectivity index (χ3n) is 3.30. The number of amides is 1. The second-order valence-electron chi connectivity index (χ2n) is 5.53. The van der Waals surface area contributed by atoms with Gasteiger partial charge in [-0.05, 0) is 6.42 Å². The number of nitrogens with one attached hydrogen (secondary N) is 1. The first kappa shape index (κ1) is 27.8. The van der Waals surface area contributed by atoms with Crippen LogP contribution in [0.3, 0.4) is 0 Å². The second kappa shape index (κ2) is 16.7. The van der Waals surface area contributed by atoms with Gasteiger partial charge in [-0.15, -0.1) is 0 Å². The summed E-state index contributed by atoms with van der Waals surface area (Å²) in [6.45, 7) is 8.89. The maximum absolute atomic E-state index is 11.1. The molecule has 0 aromatic heterocycles. The Morgan fingerprint density at radius 3 is 2.19 bits per heavy atom. The van der Waals surface area contributed by atoms with Crippen LogP contribution in [-0.4, -0.2) is 88.9 Å². The van der Waals surface area contributed by atoms with Crippen LogP contribution in [-0.2, 0) is 23.9 Å². The molecule has 1 amide bonds. The molecule has 1 aliphatic heterocycles. The van der Waals surface area contributed by atoms with Gasteiger partial charge in [0.25, 0.3) is 0 Å². The van der Waals surface area contributed by atoms with Crippen LogP contribution in [0, 0.1) is 5.41 Å². The summed E-state index contributed by atoms with van der Waals surface area (Å²) in [4.78, 5) is 44.8. The average molecular weight is 497 g/mol. The van der Waals surface area contributed by atoms with Gasteiger partial charge in [0.2, 0.25) is 5.91 Å². The van der Waals surface area contributed by atoms with Gasteiger partial charge in [-0.3, -0.25) is 4.79 Å². The van der Waals surface area contributed by atoms with E-state index in [1.807, 2.05) is 32.7 Å². The van der Waals surface area contributed by atoms with Crippen LogP contribution >= 0.6 is 12.6 Å². The van der Waals surface area contributed by atoms with Crippen LogP contribution in [0.4, 0.5) is 0 Å². The van der Waals surface area contributed by atoms with Gasteiger partial charge in [-0.25, -0.2) is 0 Å². The van der Waals surface area contributed by atoms with E-state index in [0.717, 1.165) is 42.3 Å². The summed E-state index contributed by atoms with van der Waals surface area (Å²) in [6, 6.07) is 0. The molecule has 7 nitrogen and oxygen atoms in total. The topological polar surface area (TPSA) is 92.8 Å². The number of hydrogen-bond donors (Lipinski definition) is 2. The third kappa shape index (κ3) is 11.3. The summed E-state index contributed by atoms with van der Waals surface area (Å²) in [6.07, 6.45) is 2.30. The number of ether oxygens (including phenoxy) is 1. The first-order valence-corrected chi connectivity index (χ1v) is 10.5. The van der Waals surface area contributed by atoms with E-state index in [1.165, 1.54) is 0 Å². The van der Waals surface area contributed by atoms with Crippen molar-refractivity contribution in [3.63, 3.8) is 0 Å². The van der Waals surface area contributed by atoms with Crippen LogP contribution in [0.25, 0.3) is 0 Å². The summed E-state index contributed by atoms with van der Waals surface area (Å²) in [5.74, 6) is -0.0906. The Morgan fingerprint density at radius 2 is 1.85 bits per heavy atom. The number of carbonyl (C=O) groups excluding carboxylic acids is 4. The number of carbonyl (C=O) groups is 4. The van der Waals surface area contributed by atoms with Crippen molar-refractivity contribution < 1.29 is 23.9 Å². The molecule has 1 saturated heterocycles. The number of likely N-dealkylation sites (tertiary alicyclic amines) is 1. The van der Waals surface area contributed by atoms with Crippen molar-refractivity contribution in [2.24, 2.45) is 5.41 Å². The molecule has 26 heavy (non-hydrogen) atoms. The van der Waals surface area contributed by atoms with Crippen LogP contribution in [0.1, 0.15) is 40.0 Å². The van der Waals surface area contributed by atoms with Crippen molar-refractivity contribution in [1.29, 1.82) is 0 Å². The zero-order valence-electron chi connectivity index (χ0n) is 16.1. The Hall–Kier alpha value is -0.432. The molecule has 1 aliphatic rings. The standard InChI is InChI=1S/C9H17NO3.C6H8NO2S.C2H6.Sb/c1-2-7-13-8-5-10-9(12)4-3-6-11;1-7-2-6(3-7,4-8)5(9)10;1-2;/h6H,2-5,7-8H2,1H3,(H,10,12);2-3H2,1H3,(H,9,10);1-2H3;. The molecule has 1 rings (SSSR count). The second-order valence-corrected chi connectivity index (χ2v) is 7.10. The quantitative estimate of drug-likeness (QED) is 0.151. The molecule has 0 aliphatic carbocycles. The Balaban J connectivity index is 0. The Labute approximate surface area is 175 Å². The number of rotatable bonds is 10. The third-order valence-corrected chi connectivity index (χ3v) is 4.95. The van der Waals surface area contributed by atoms with E-state index >= 15 is 0 Å². The zero-order chi connectivity index (χ0) is 20.6. The zero-order valence-corrected chi connectivity index (χ0v) is 19.6. The van der Waals surface area contributed by atoms with Crippen LogP contribution in [0.5, 0.6) is 0 Å². The fourth-order valence-electron chi connectivity index (χ4n) is 2.02. The van der Waals surface area contributed by atoms with Gasteiger partial charge in [0, 0.05) is 26.0 Å². The fraction of sp³-hybridized carbons (Fsp3) is 0.765. The summed E-state index contributed by atoms with van der Waals surface area (Å²) in [5, 5.41) is 2.36. The van der Waals surface area contributed by atoms with Gasteiger partial charge in [-0.2, -0.15) is 0 Å². The molecular formula is C17H31N2O5SSb. The van der Waals surface area contributed by atoms with E-state index in [-0.39, 0.29) is 21.2 Å². The van der Waals surface area contributed by atoms with Crippen molar-refractivity contribution >= 4 is 56.7 Å². The molecule has 0 aromatic rings. The summed E-state index contributed by atoms with van der Waals surface area (Å²) >= 11 is 4.80. The number of aldehydes is 1. The molecule has 0 saturated carbocycles. The number of hydrogen-bond acceptors (Lipinski definition) is 6. The van der Waals surface area contributed by atoms with E-state index in [9.17, 15) is 19.2 Å². The monoisotopic (exact) mass is 496 g/mol. The normalized spacial score (nSPS) is 14.5. The van der Waals surface area contributed by atoms with Gasteiger partial charge < -0.3 is 14.8 Å². The van der Waals surface area contributed by atoms with Gasteiger partial charge in [-0.1, -0.05) is 20.8 Å². The average Bonchev–Trinajstić information content (AvgIpc) is 2.58. The Kier molecular flexibility index (Phi) is 17.9. The van der Waals surface area contributed by atoms with E-state index in [2.05, 4.69) is 17.9 Å². The minimum absolute atomic E-state index is 0.0235. The van der Waals surface area contributed by atoms with E-state index in [0.29, 0.717) is 32.7 Å². The van der Waals surface area contributed by atoms with Crippen molar-refractivity contribution in [2.75, 3.05) is 39.9 Å². The van der Waals surface area contributed by atoms with E-state index in [4.69, 9.17) is 4.74 Å². The molecule has 1 fully saturated rings. The molecule has 150 valence electrons. The first-order valence-electron chi connectivity index (χ1n) is 8.73. The van der Waals surface area contributed by atoms with Crippen molar-refractivity contribution in [2.45, 2.75) is 40.0 Å². The van der Waals surface area contributed by atoms with Gasteiger partial charge >= 0.3 is 84.5 Å². The van der Waals surface area contributed by atoms with Crippen molar-refractivity contribution in [1.82, 2.24) is 10.2 Å². The summed E-state index contributed by atoms with van der Waals surface area (Å²) in [7, 11) is 1.88. The van der Waals surface area contributed by atoms with Gasteiger partial charge in [0.05, 0.1) is 6.61 Å². The SMILES string of the molecule is CC.CCCOCCNC(=O)CCC=O.CN1CC(C(=O)S)([C](=O)[Sb])C1. The Morgan fingerprint density at radius 1 is 1.27 bits per heavy atom. The predicted molar refractivity (Wildman–Crippen MR) is 105 cm³/mol. The minimum atomic E-state index is -0.772. The van der Waals surface area contributed by atoms with Crippen LogP contribution < -0.4 is 5.32 Å². The molecular weight excluding hydrogens is 466 g/mol. The van der Waals surface area contributed by atoms with Crippen molar-refractivity contribution in [3.05, 3.63) is 0 Å². The molecule has 1 heterocycles. The molecule has 2 radical (unpaired) electrons. The van der Waals surface area contributed by atoms with E-state index < -0.39 is 5.41 Å². The molecule has 0 unspecified atom stereocenters. The van der Waals surface area contributed by atoms with Gasteiger partial charge in [0.1, 0.15) is 6.29 Å². The van der Waals surface area contributed by atoms with E-state index in [1.54, 1.807) is 0 Å². The van der Waals surface area contributed by atoms with Crippen molar-refractivity contribution in [3.8, 4) is 0 Å².